The molecule has 3 rings (SSSR count). The number of aliphatic carboxylic acids is 1. The van der Waals surface area contributed by atoms with Crippen molar-refractivity contribution in [2.45, 2.75) is 19.4 Å². The molecular weight excluding hydrogens is 460 g/mol. The van der Waals surface area contributed by atoms with Gasteiger partial charge in [-0.25, -0.2) is 18.1 Å². The number of carboxylic acids is 1. The lowest BCUT2D eigenvalue weighted by molar-refractivity contribution is -0.139. The highest BCUT2D eigenvalue weighted by atomic mass is 35.5. The molecule has 1 aliphatic heterocycles. The number of amides is 3. The number of benzene rings is 2. The van der Waals surface area contributed by atoms with Gasteiger partial charge in [0.1, 0.15) is 15.9 Å². The lowest BCUT2D eigenvalue weighted by Crippen LogP contribution is -2.42. The first-order valence-corrected chi connectivity index (χ1v) is 11.8. The molecule has 9 nitrogen and oxygen atoms in total. The molecule has 32 heavy (non-hydrogen) atoms. The van der Waals surface area contributed by atoms with E-state index in [4.69, 9.17) is 11.6 Å². The van der Waals surface area contributed by atoms with Crippen molar-refractivity contribution < 1.29 is 32.7 Å². The fourth-order valence-corrected chi connectivity index (χ4v) is 4.28. The predicted molar refractivity (Wildman–Crippen MR) is 117 cm³/mol. The minimum Gasteiger partial charge on any atom is -0.480 e. The van der Waals surface area contributed by atoms with E-state index in [1.807, 2.05) is 0 Å². The van der Waals surface area contributed by atoms with E-state index in [1.54, 1.807) is 12.1 Å². The first-order chi connectivity index (χ1) is 15.1. The number of nitrogens with one attached hydrogen (secondary N) is 1. The summed E-state index contributed by atoms with van der Waals surface area (Å²) in [6.07, 6.45) is -0.306. The van der Waals surface area contributed by atoms with Crippen molar-refractivity contribution in [2.24, 2.45) is 0 Å². The van der Waals surface area contributed by atoms with Gasteiger partial charge < -0.3 is 10.4 Å². The summed E-state index contributed by atoms with van der Waals surface area (Å²) in [6, 6.07) is 8.67. The van der Waals surface area contributed by atoms with Crippen molar-refractivity contribution in [3.05, 3.63) is 64.2 Å². The number of nitrogens with zero attached hydrogens (tertiary/aromatic N) is 1. The lowest BCUT2D eigenvalue weighted by Gasteiger charge is -2.15. The third-order valence-corrected chi connectivity index (χ3v) is 7.06. The van der Waals surface area contributed by atoms with Gasteiger partial charge in [0, 0.05) is 11.3 Å². The van der Waals surface area contributed by atoms with Crippen LogP contribution in [0.1, 0.15) is 44.4 Å². The maximum Gasteiger partial charge on any atom is 0.326 e. The minimum atomic E-state index is -3.42. The van der Waals surface area contributed by atoms with E-state index in [0.29, 0.717) is 0 Å². The molecule has 11 heteroatoms. The summed E-state index contributed by atoms with van der Waals surface area (Å²) >= 11 is 6.11. The number of para-hydroxylation sites is 1. The highest BCUT2D eigenvalue weighted by Gasteiger charge is 2.38. The Bertz CT molecular complexity index is 1230. The second-order valence-electron chi connectivity index (χ2n) is 7.05. The molecule has 2 aromatic carbocycles. The zero-order chi connectivity index (χ0) is 23.6. The molecule has 1 heterocycles. The van der Waals surface area contributed by atoms with Crippen LogP contribution in [0, 0.1) is 0 Å². The average molecular weight is 479 g/mol. The van der Waals surface area contributed by atoms with Gasteiger partial charge in [-0.05, 0) is 36.8 Å². The molecule has 3 amide bonds. The smallest absolute Gasteiger partial charge is 0.326 e. The molecule has 0 saturated carbocycles. The summed E-state index contributed by atoms with van der Waals surface area (Å²) in [5.41, 5.74) is 0.211. The zero-order valence-corrected chi connectivity index (χ0v) is 18.4. The van der Waals surface area contributed by atoms with Crippen molar-refractivity contribution in [2.75, 3.05) is 16.4 Å². The predicted octanol–water partition coefficient (Wildman–Crippen LogP) is 2.15. The van der Waals surface area contributed by atoms with Crippen LogP contribution >= 0.6 is 11.6 Å². The molecule has 0 aromatic heterocycles. The Morgan fingerprint density at radius 2 is 1.75 bits per heavy atom. The van der Waals surface area contributed by atoms with E-state index in [0.717, 1.165) is 4.90 Å². The highest BCUT2D eigenvalue weighted by molar-refractivity contribution is 7.91. The molecule has 0 aliphatic carbocycles. The lowest BCUT2D eigenvalue weighted by atomic mass is 10.0. The van der Waals surface area contributed by atoms with E-state index in [-0.39, 0.29) is 39.6 Å². The van der Waals surface area contributed by atoms with Gasteiger partial charge in [-0.2, -0.15) is 0 Å². The van der Waals surface area contributed by atoms with Gasteiger partial charge in [0.2, 0.25) is 0 Å². The molecule has 2 aromatic rings. The topological polar surface area (TPSA) is 138 Å². The van der Waals surface area contributed by atoms with E-state index in [2.05, 4.69) is 5.32 Å². The van der Waals surface area contributed by atoms with Crippen LogP contribution < -0.4 is 10.2 Å². The third-order valence-electron chi connectivity index (χ3n) is 5.00. The SMILES string of the molecule is CCS(=O)(=O)CCC(NC(=O)c1ccc2c(c1)C(=O)N(c1ccccc1Cl)C2=O)C(=O)O. The van der Waals surface area contributed by atoms with E-state index >= 15 is 0 Å². The number of rotatable bonds is 8. The van der Waals surface area contributed by atoms with Crippen LogP contribution in [0.15, 0.2) is 42.5 Å². The summed E-state index contributed by atoms with van der Waals surface area (Å²) in [7, 11) is -3.42. The summed E-state index contributed by atoms with van der Waals surface area (Å²) < 4.78 is 23.3. The van der Waals surface area contributed by atoms with E-state index in [9.17, 15) is 32.7 Å². The second-order valence-corrected chi connectivity index (χ2v) is 9.93. The molecule has 0 fully saturated rings. The Morgan fingerprint density at radius 1 is 1.09 bits per heavy atom. The first-order valence-electron chi connectivity index (χ1n) is 9.57. The number of hydrogen-bond acceptors (Lipinski definition) is 6. The van der Waals surface area contributed by atoms with Crippen LogP contribution in [0.25, 0.3) is 0 Å². The molecule has 1 aliphatic rings. The Labute approximate surface area is 188 Å². The largest absolute Gasteiger partial charge is 0.480 e. The van der Waals surface area contributed by atoms with Crippen LogP contribution in [-0.2, 0) is 14.6 Å². The number of imide groups is 1. The van der Waals surface area contributed by atoms with Gasteiger partial charge in [-0.15, -0.1) is 0 Å². The zero-order valence-electron chi connectivity index (χ0n) is 16.9. The van der Waals surface area contributed by atoms with Crippen molar-refractivity contribution >= 4 is 50.8 Å². The fourth-order valence-electron chi connectivity index (χ4n) is 3.17. The number of fused-ring (bicyclic) bond motifs is 1. The van der Waals surface area contributed by atoms with E-state index < -0.39 is 45.3 Å². The summed E-state index contributed by atoms with van der Waals surface area (Å²) in [5, 5.41) is 11.8. The van der Waals surface area contributed by atoms with Crippen molar-refractivity contribution in [1.82, 2.24) is 5.32 Å². The number of carboxylic acid groups (broad SMARTS) is 1. The molecule has 0 spiro atoms. The standard InChI is InChI=1S/C21H19ClN2O7S/c1-2-32(30,31)10-9-16(21(28)29)23-18(25)12-7-8-13-14(11-12)20(27)24(19(13)26)17-6-4-3-5-15(17)22/h3-8,11,16H,2,9-10H2,1H3,(H,23,25)(H,28,29). The number of carbonyl (C=O) groups excluding carboxylic acids is 3. The van der Waals surface area contributed by atoms with Gasteiger partial charge in [-0.1, -0.05) is 30.7 Å². The molecule has 0 saturated heterocycles. The van der Waals surface area contributed by atoms with Gasteiger partial charge in [0.15, 0.2) is 0 Å². The Kier molecular flexibility index (Phi) is 6.65. The van der Waals surface area contributed by atoms with Crippen LogP contribution in [0.3, 0.4) is 0 Å². The molecule has 0 bridgehead atoms. The average Bonchev–Trinajstić information content (AvgIpc) is 3.01. The van der Waals surface area contributed by atoms with Crippen LogP contribution in [-0.4, -0.2) is 54.8 Å². The summed E-state index contributed by atoms with van der Waals surface area (Å²) in [4.78, 5) is 50.5. The van der Waals surface area contributed by atoms with Crippen molar-refractivity contribution in [1.29, 1.82) is 0 Å². The van der Waals surface area contributed by atoms with Gasteiger partial charge in [-0.3, -0.25) is 14.4 Å². The molecular formula is C21H19ClN2O7S. The quantitative estimate of drug-likeness (QED) is 0.554. The van der Waals surface area contributed by atoms with Crippen molar-refractivity contribution in [3.8, 4) is 0 Å². The van der Waals surface area contributed by atoms with Crippen LogP contribution in [0.5, 0.6) is 0 Å². The Balaban J connectivity index is 1.83. The molecule has 0 radical (unpaired) electrons. The fraction of sp³-hybridized carbons (Fsp3) is 0.238. The number of carbonyl (C=O) groups is 4. The first kappa shape index (κ1) is 23.4. The summed E-state index contributed by atoms with van der Waals surface area (Å²) in [6.45, 7) is 1.44. The van der Waals surface area contributed by atoms with Crippen LogP contribution in [0.2, 0.25) is 5.02 Å². The maximum atomic E-state index is 12.9. The number of sulfone groups is 1. The second kappa shape index (κ2) is 9.09. The monoisotopic (exact) mass is 478 g/mol. The van der Waals surface area contributed by atoms with Gasteiger partial charge in [0.05, 0.1) is 27.6 Å². The minimum absolute atomic E-state index is 0.0250. The molecule has 168 valence electrons. The summed E-state index contributed by atoms with van der Waals surface area (Å²) in [5.74, 6) is -4.01. The highest BCUT2D eigenvalue weighted by Crippen LogP contribution is 2.33. The molecule has 1 unspecified atom stereocenters. The van der Waals surface area contributed by atoms with Crippen molar-refractivity contribution in [3.63, 3.8) is 0 Å². The molecule has 2 N–H and O–H groups in total. The van der Waals surface area contributed by atoms with Gasteiger partial charge >= 0.3 is 5.97 Å². The Hall–Kier alpha value is -3.24. The third kappa shape index (κ3) is 4.66. The van der Waals surface area contributed by atoms with Crippen LogP contribution in [0.4, 0.5) is 5.69 Å². The number of halogens is 1. The molecule has 1 atom stereocenters. The number of anilines is 1. The van der Waals surface area contributed by atoms with E-state index in [1.165, 1.54) is 37.3 Å². The van der Waals surface area contributed by atoms with Gasteiger partial charge in [0.25, 0.3) is 17.7 Å². The number of hydrogen-bond donors (Lipinski definition) is 2. The maximum absolute atomic E-state index is 12.9. The normalized spacial score (nSPS) is 14.2. The Morgan fingerprint density at radius 3 is 2.38 bits per heavy atom.